The molecule has 1 fully saturated rings. The summed E-state index contributed by atoms with van der Waals surface area (Å²) in [7, 11) is 0. The van der Waals surface area contributed by atoms with Gasteiger partial charge in [0.05, 0.1) is 11.2 Å². The van der Waals surface area contributed by atoms with Gasteiger partial charge in [0.25, 0.3) is 0 Å². The monoisotopic (exact) mass is 413 g/mol. The highest BCUT2D eigenvalue weighted by Gasteiger charge is 2.17. The summed E-state index contributed by atoms with van der Waals surface area (Å²) in [4.78, 5) is 13.9. The summed E-state index contributed by atoms with van der Waals surface area (Å²) >= 11 is 0. The number of halogens is 1. The fourth-order valence-electron chi connectivity index (χ4n) is 3.79. The van der Waals surface area contributed by atoms with Gasteiger partial charge in [-0.15, -0.1) is 12.4 Å². The number of hydrogen-bond acceptors (Lipinski definition) is 7. The van der Waals surface area contributed by atoms with Crippen molar-refractivity contribution in [3.63, 3.8) is 0 Å². The number of aromatic nitrogens is 3. The third-order valence-electron chi connectivity index (χ3n) is 5.25. The SMILES string of the molecule is Cl.c1cnc2c(NC[C@H]3CCCNC3)nc(-c3ccc4c(c3)OCCO4)cc2n1. The first kappa shape index (κ1) is 19.7. The van der Waals surface area contributed by atoms with Crippen molar-refractivity contribution in [2.75, 3.05) is 38.2 Å². The Hall–Kier alpha value is -2.64. The second-order valence-electron chi connectivity index (χ2n) is 7.23. The Morgan fingerprint density at radius 3 is 2.79 bits per heavy atom. The second-order valence-corrected chi connectivity index (χ2v) is 7.23. The summed E-state index contributed by atoms with van der Waals surface area (Å²) in [6.07, 6.45) is 5.87. The predicted molar refractivity (Wildman–Crippen MR) is 115 cm³/mol. The smallest absolute Gasteiger partial charge is 0.162 e. The molecule has 5 rings (SSSR count). The van der Waals surface area contributed by atoms with Crippen LogP contribution in [0.4, 0.5) is 5.82 Å². The van der Waals surface area contributed by atoms with Gasteiger partial charge in [0.15, 0.2) is 17.3 Å². The molecule has 0 saturated carbocycles. The molecule has 1 saturated heterocycles. The van der Waals surface area contributed by atoms with Crippen LogP contribution in [0.3, 0.4) is 0 Å². The van der Waals surface area contributed by atoms with Gasteiger partial charge in [-0.25, -0.2) is 9.97 Å². The molecule has 0 unspecified atom stereocenters. The zero-order valence-electron chi connectivity index (χ0n) is 16.1. The Morgan fingerprint density at radius 1 is 1.07 bits per heavy atom. The lowest BCUT2D eigenvalue weighted by Crippen LogP contribution is -2.33. The first-order valence-electron chi connectivity index (χ1n) is 9.83. The van der Waals surface area contributed by atoms with Crippen molar-refractivity contribution in [3.8, 4) is 22.8 Å². The summed E-state index contributed by atoms with van der Waals surface area (Å²) < 4.78 is 11.4. The minimum Gasteiger partial charge on any atom is -0.486 e. The predicted octanol–water partition coefficient (Wildman–Crippen LogP) is 3.30. The number of anilines is 1. The van der Waals surface area contributed by atoms with Crippen molar-refractivity contribution in [1.29, 1.82) is 0 Å². The maximum atomic E-state index is 5.73. The minimum atomic E-state index is 0. The normalized spacial score (nSPS) is 18.1. The number of nitrogens with zero attached hydrogens (tertiary/aromatic N) is 3. The number of benzene rings is 1. The van der Waals surface area contributed by atoms with Crippen LogP contribution in [0.5, 0.6) is 11.5 Å². The van der Waals surface area contributed by atoms with Crippen LogP contribution < -0.4 is 20.1 Å². The maximum absolute atomic E-state index is 5.73. The average molecular weight is 414 g/mol. The fourth-order valence-corrected chi connectivity index (χ4v) is 3.79. The van der Waals surface area contributed by atoms with Crippen molar-refractivity contribution in [2.24, 2.45) is 5.92 Å². The Balaban J connectivity index is 0.00000205. The zero-order chi connectivity index (χ0) is 18.8. The molecule has 1 aromatic carbocycles. The Kier molecular flexibility index (Phi) is 5.97. The molecular formula is C21H24ClN5O2. The van der Waals surface area contributed by atoms with E-state index in [9.17, 15) is 0 Å². The van der Waals surface area contributed by atoms with E-state index in [2.05, 4.69) is 20.6 Å². The molecule has 2 aliphatic rings. The number of fused-ring (bicyclic) bond motifs is 2. The molecular weight excluding hydrogens is 390 g/mol. The lowest BCUT2D eigenvalue weighted by molar-refractivity contribution is 0.171. The van der Waals surface area contributed by atoms with Gasteiger partial charge < -0.3 is 20.1 Å². The molecule has 152 valence electrons. The van der Waals surface area contributed by atoms with E-state index >= 15 is 0 Å². The molecule has 2 aliphatic heterocycles. The largest absolute Gasteiger partial charge is 0.486 e. The number of hydrogen-bond donors (Lipinski definition) is 2. The number of piperidine rings is 1. The highest BCUT2D eigenvalue weighted by molar-refractivity contribution is 5.88. The summed E-state index contributed by atoms with van der Waals surface area (Å²) in [5.41, 5.74) is 3.44. The van der Waals surface area contributed by atoms with Gasteiger partial charge in [-0.3, -0.25) is 4.98 Å². The van der Waals surface area contributed by atoms with Crippen LogP contribution in [0.15, 0.2) is 36.7 Å². The molecule has 8 heteroatoms. The van der Waals surface area contributed by atoms with Gasteiger partial charge in [0.2, 0.25) is 0 Å². The van der Waals surface area contributed by atoms with E-state index < -0.39 is 0 Å². The molecule has 0 aliphatic carbocycles. The summed E-state index contributed by atoms with van der Waals surface area (Å²) in [6.45, 7) is 4.17. The fraction of sp³-hybridized carbons (Fsp3) is 0.381. The summed E-state index contributed by atoms with van der Waals surface area (Å²) in [5.74, 6) is 2.91. The van der Waals surface area contributed by atoms with Crippen molar-refractivity contribution in [2.45, 2.75) is 12.8 Å². The third kappa shape index (κ3) is 4.21. The molecule has 0 radical (unpaired) electrons. The molecule has 7 nitrogen and oxygen atoms in total. The van der Waals surface area contributed by atoms with E-state index in [4.69, 9.17) is 14.5 Å². The topological polar surface area (TPSA) is 81.2 Å². The lowest BCUT2D eigenvalue weighted by Gasteiger charge is -2.23. The molecule has 29 heavy (non-hydrogen) atoms. The standard InChI is InChI=1S/C21H23N5O2.ClH/c1-2-14(12-22-5-1)13-25-21-20-17(23-6-7-24-20)11-16(26-21)15-3-4-18-19(10-15)28-9-8-27-18;/h3-4,6-7,10-11,14,22H,1-2,5,8-9,12-13H2,(H,25,26);1H/t14-;/m0./s1. The molecule has 0 spiro atoms. The van der Waals surface area contributed by atoms with Crippen LogP contribution >= 0.6 is 12.4 Å². The highest BCUT2D eigenvalue weighted by Crippen LogP contribution is 2.35. The minimum absolute atomic E-state index is 0. The van der Waals surface area contributed by atoms with Gasteiger partial charge in [-0.1, -0.05) is 0 Å². The van der Waals surface area contributed by atoms with Crippen LogP contribution in [-0.4, -0.2) is 47.8 Å². The van der Waals surface area contributed by atoms with Crippen molar-refractivity contribution >= 4 is 29.3 Å². The van der Waals surface area contributed by atoms with Crippen molar-refractivity contribution in [1.82, 2.24) is 20.3 Å². The Morgan fingerprint density at radius 2 is 1.93 bits per heavy atom. The molecule has 2 N–H and O–H groups in total. The first-order chi connectivity index (χ1) is 13.9. The Labute approximate surface area is 175 Å². The highest BCUT2D eigenvalue weighted by atomic mass is 35.5. The third-order valence-corrected chi connectivity index (χ3v) is 5.25. The van der Waals surface area contributed by atoms with Crippen LogP contribution in [0.25, 0.3) is 22.3 Å². The van der Waals surface area contributed by atoms with Crippen LogP contribution in [-0.2, 0) is 0 Å². The number of ether oxygens (including phenoxy) is 2. The number of nitrogens with one attached hydrogen (secondary N) is 2. The average Bonchev–Trinajstić information content (AvgIpc) is 2.77. The van der Waals surface area contributed by atoms with Gasteiger partial charge in [0.1, 0.15) is 18.7 Å². The van der Waals surface area contributed by atoms with Crippen molar-refractivity contribution < 1.29 is 9.47 Å². The van der Waals surface area contributed by atoms with Gasteiger partial charge in [-0.2, -0.15) is 0 Å². The van der Waals surface area contributed by atoms with Crippen LogP contribution in [0.1, 0.15) is 12.8 Å². The summed E-state index contributed by atoms with van der Waals surface area (Å²) in [5, 5.41) is 6.98. The number of rotatable bonds is 4. The van der Waals surface area contributed by atoms with Gasteiger partial charge in [-0.05, 0) is 56.1 Å². The molecule has 1 atom stereocenters. The molecule has 2 aromatic heterocycles. The quantitative estimate of drug-likeness (QED) is 0.679. The Bertz CT molecular complexity index is 994. The molecule has 0 bridgehead atoms. The van der Waals surface area contributed by atoms with Gasteiger partial charge in [0, 0.05) is 24.5 Å². The lowest BCUT2D eigenvalue weighted by atomic mass is 10.00. The van der Waals surface area contributed by atoms with Crippen LogP contribution in [0.2, 0.25) is 0 Å². The molecule has 4 heterocycles. The van der Waals surface area contributed by atoms with E-state index in [0.29, 0.717) is 19.1 Å². The van der Waals surface area contributed by atoms with E-state index in [1.54, 1.807) is 12.4 Å². The van der Waals surface area contributed by atoms with Crippen LogP contribution in [0, 0.1) is 5.92 Å². The van der Waals surface area contributed by atoms with Crippen molar-refractivity contribution in [3.05, 3.63) is 36.7 Å². The first-order valence-corrected chi connectivity index (χ1v) is 9.83. The van der Waals surface area contributed by atoms with E-state index in [1.807, 2.05) is 24.3 Å². The second kappa shape index (κ2) is 8.80. The zero-order valence-corrected chi connectivity index (χ0v) is 16.9. The maximum Gasteiger partial charge on any atom is 0.162 e. The van der Waals surface area contributed by atoms with E-state index in [-0.39, 0.29) is 12.4 Å². The molecule has 3 aromatic rings. The molecule has 0 amide bonds. The summed E-state index contributed by atoms with van der Waals surface area (Å²) in [6, 6.07) is 7.90. The van der Waals surface area contributed by atoms with Gasteiger partial charge >= 0.3 is 0 Å². The van der Waals surface area contributed by atoms with E-state index in [0.717, 1.165) is 59.2 Å². The number of pyridine rings is 1. The van der Waals surface area contributed by atoms with E-state index in [1.165, 1.54) is 12.8 Å².